The molecule has 2 rings (SSSR count). The van der Waals surface area contributed by atoms with E-state index in [0.717, 1.165) is 18.4 Å². The molecule has 1 aliphatic heterocycles. The summed E-state index contributed by atoms with van der Waals surface area (Å²) in [4.78, 5) is 29.0. The van der Waals surface area contributed by atoms with Gasteiger partial charge in [0.25, 0.3) is 0 Å². The number of hydrogen-bond acceptors (Lipinski definition) is 4. The van der Waals surface area contributed by atoms with Crippen LogP contribution in [-0.2, 0) is 9.53 Å². The van der Waals surface area contributed by atoms with Gasteiger partial charge in [0.15, 0.2) is 0 Å². The third kappa shape index (κ3) is 6.24. The van der Waals surface area contributed by atoms with E-state index < -0.39 is 17.7 Å². The fourth-order valence-electron chi connectivity index (χ4n) is 3.33. The van der Waals surface area contributed by atoms with Crippen molar-refractivity contribution >= 4 is 12.0 Å². The number of amides is 2. The van der Waals surface area contributed by atoms with E-state index in [9.17, 15) is 9.59 Å². The summed E-state index contributed by atoms with van der Waals surface area (Å²) in [7, 11) is 3.99. The van der Waals surface area contributed by atoms with Crippen molar-refractivity contribution in [2.75, 3.05) is 27.2 Å². The van der Waals surface area contributed by atoms with Crippen LogP contribution in [0.4, 0.5) is 4.79 Å². The molecule has 1 N–H and O–H groups in total. The Morgan fingerprint density at radius 1 is 1.22 bits per heavy atom. The molecule has 1 aliphatic rings. The summed E-state index contributed by atoms with van der Waals surface area (Å²) in [5.74, 6) is -0.108. The largest absolute Gasteiger partial charge is 0.444 e. The predicted octanol–water partition coefficient (Wildman–Crippen LogP) is 3.20. The number of piperidine rings is 1. The van der Waals surface area contributed by atoms with E-state index in [1.807, 2.05) is 53.1 Å². The van der Waals surface area contributed by atoms with Gasteiger partial charge in [0.1, 0.15) is 11.6 Å². The second kappa shape index (κ2) is 9.22. The standard InChI is InChI=1S/C21H33N3O3/c1-21(2,3)27-20(26)24-14-10-9-13-17(24)19(25)22-15-18(23(4)5)16-11-7-6-8-12-16/h6-8,11-12,17-18H,9-10,13-15H2,1-5H3,(H,22,25). The molecule has 0 aromatic heterocycles. The van der Waals surface area contributed by atoms with Crippen molar-refractivity contribution in [3.05, 3.63) is 35.9 Å². The minimum absolute atomic E-state index is 0.0775. The van der Waals surface area contributed by atoms with Gasteiger partial charge in [0.2, 0.25) is 5.91 Å². The fourth-order valence-corrected chi connectivity index (χ4v) is 3.33. The quantitative estimate of drug-likeness (QED) is 0.858. The van der Waals surface area contributed by atoms with Gasteiger partial charge < -0.3 is 15.0 Å². The second-order valence-electron chi connectivity index (χ2n) is 8.32. The van der Waals surface area contributed by atoms with Gasteiger partial charge >= 0.3 is 6.09 Å². The molecule has 1 aromatic rings. The number of hydrogen-bond donors (Lipinski definition) is 1. The molecule has 150 valence electrons. The molecule has 0 bridgehead atoms. The van der Waals surface area contributed by atoms with Crippen molar-refractivity contribution in [2.45, 2.75) is 57.7 Å². The summed E-state index contributed by atoms with van der Waals surface area (Å²) in [5.41, 5.74) is 0.578. The lowest BCUT2D eigenvalue weighted by Gasteiger charge is -2.36. The van der Waals surface area contributed by atoms with Gasteiger partial charge in [-0.1, -0.05) is 30.3 Å². The number of likely N-dealkylation sites (N-methyl/N-ethyl adjacent to an activating group) is 1. The number of likely N-dealkylation sites (tertiary alicyclic amines) is 1. The summed E-state index contributed by atoms with van der Waals surface area (Å²) >= 11 is 0. The minimum atomic E-state index is -0.571. The van der Waals surface area contributed by atoms with Crippen LogP contribution in [0.25, 0.3) is 0 Å². The van der Waals surface area contributed by atoms with Gasteiger partial charge in [-0.15, -0.1) is 0 Å². The Morgan fingerprint density at radius 2 is 1.89 bits per heavy atom. The lowest BCUT2D eigenvalue weighted by atomic mass is 10.0. The second-order valence-corrected chi connectivity index (χ2v) is 8.32. The zero-order chi connectivity index (χ0) is 20.0. The Balaban J connectivity index is 2.02. The molecule has 2 unspecified atom stereocenters. The fraction of sp³-hybridized carbons (Fsp3) is 0.619. The SMILES string of the molecule is CN(C)C(CNC(=O)C1CCCCN1C(=O)OC(C)(C)C)c1ccccc1. The molecule has 0 radical (unpaired) electrons. The number of rotatable bonds is 5. The monoisotopic (exact) mass is 375 g/mol. The Hall–Kier alpha value is -2.08. The molecule has 6 heteroatoms. The lowest BCUT2D eigenvalue weighted by molar-refractivity contribution is -0.127. The van der Waals surface area contributed by atoms with Crippen LogP contribution in [0.15, 0.2) is 30.3 Å². The lowest BCUT2D eigenvalue weighted by Crippen LogP contribution is -2.53. The first-order valence-corrected chi connectivity index (χ1v) is 9.68. The van der Waals surface area contributed by atoms with Crippen LogP contribution in [-0.4, -0.2) is 60.6 Å². The van der Waals surface area contributed by atoms with E-state index in [2.05, 4.69) is 22.3 Å². The molecule has 0 saturated carbocycles. The number of ether oxygens (including phenoxy) is 1. The van der Waals surface area contributed by atoms with Gasteiger partial charge in [-0.3, -0.25) is 9.69 Å². The maximum Gasteiger partial charge on any atom is 0.410 e. The van der Waals surface area contributed by atoms with E-state index in [0.29, 0.717) is 19.5 Å². The number of carbonyl (C=O) groups excluding carboxylic acids is 2. The number of nitrogens with zero attached hydrogens (tertiary/aromatic N) is 2. The van der Waals surface area contributed by atoms with Gasteiger partial charge in [0, 0.05) is 13.1 Å². The highest BCUT2D eigenvalue weighted by Crippen LogP contribution is 2.21. The first-order valence-electron chi connectivity index (χ1n) is 9.68. The molecule has 0 spiro atoms. The van der Waals surface area contributed by atoms with Crippen molar-refractivity contribution in [3.8, 4) is 0 Å². The Morgan fingerprint density at radius 3 is 2.48 bits per heavy atom. The average molecular weight is 376 g/mol. The summed E-state index contributed by atoms with van der Waals surface area (Å²) in [6, 6.07) is 9.71. The van der Waals surface area contributed by atoms with Crippen molar-refractivity contribution < 1.29 is 14.3 Å². The highest BCUT2D eigenvalue weighted by atomic mass is 16.6. The maximum absolute atomic E-state index is 12.9. The third-order valence-corrected chi connectivity index (χ3v) is 4.71. The Labute approximate surface area is 162 Å². The molecular weight excluding hydrogens is 342 g/mol. The minimum Gasteiger partial charge on any atom is -0.444 e. The Bertz CT molecular complexity index is 625. The highest BCUT2D eigenvalue weighted by molar-refractivity contribution is 5.86. The van der Waals surface area contributed by atoms with E-state index in [4.69, 9.17) is 4.74 Å². The van der Waals surface area contributed by atoms with Crippen LogP contribution in [0.1, 0.15) is 51.6 Å². The van der Waals surface area contributed by atoms with Crippen LogP contribution in [0, 0.1) is 0 Å². The third-order valence-electron chi connectivity index (χ3n) is 4.71. The summed E-state index contributed by atoms with van der Waals surface area (Å²) in [5, 5.41) is 3.05. The van der Waals surface area contributed by atoms with Crippen LogP contribution in [0.3, 0.4) is 0 Å². The first kappa shape index (κ1) is 21.2. The molecule has 1 heterocycles. The number of carbonyl (C=O) groups is 2. The van der Waals surface area contributed by atoms with Crippen molar-refractivity contribution in [3.63, 3.8) is 0 Å². The number of benzene rings is 1. The molecule has 6 nitrogen and oxygen atoms in total. The molecule has 2 amide bonds. The maximum atomic E-state index is 12.9. The summed E-state index contributed by atoms with van der Waals surface area (Å²) < 4.78 is 5.49. The molecule has 27 heavy (non-hydrogen) atoms. The first-order chi connectivity index (χ1) is 12.7. The highest BCUT2D eigenvalue weighted by Gasteiger charge is 2.35. The van der Waals surface area contributed by atoms with Gasteiger partial charge in [-0.05, 0) is 59.7 Å². The topological polar surface area (TPSA) is 61.9 Å². The molecule has 1 fully saturated rings. The van der Waals surface area contributed by atoms with Crippen molar-refractivity contribution in [1.82, 2.24) is 15.1 Å². The van der Waals surface area contributed by atoms with E-state index in [1.54, 1.807) is 4.90 Å². The molecular formula is C21H33N3O3. The molecule has 2 atom stereocenters. The van der Waals surface area contributed by atoms with Crippen LogP contribution >= 0.6 is 0 Å². The van der Waals surface area contributed by atoms with Crippen LogP contribution in [0.5, 0.6) is 0 Å². The van der Waals surface area contributed by atoms with Crippen LogP contribution in [0.2, 0.25) is 0 Å². The Kier molecular flexibility index (Phi) is 7.25. The molecule has 0 aliphatic carbocycles. The van der Waals surface area contributed by atoms with E-state index in [1.165, 1.54) is 0 Å². The summed E-state index contributed by atoms with van der Waals surface area (Å²) in [6.07, 6.45) is 2.10. The van der Waals surface area contributed by atoms with Crippen molar-refractivity contribution in [2.24, 2.45) is 0 Å². The zero-order valence-electron chi connectivity index (χ0n) is 17.2. The zero-order valence-corrected chi connectivity index (χ0v) is 17.2. The van der Waals surface area contributed by atoms with Gasteiger partial charge in [-0.2, -0.15) is 0 Å². The van der Waals surface area contributed by atoms with Gasteiger partial charge in [-0.25, -0.2) is 4.79 Å². The van der Waals surface area contributed by atoms with E-state index >= 15 is 0 Å². The van der Waals surface area contributed by atoms with E-state index in [-0.39, 0.29) is 11.9 Å². The normalized spacial score (nSPS) is 18.9. The molecule has 1 saturated heterocycles. The molecule has 1 aromatic carbocycles. The smallest absolute Gasteiger partial charge is 0.410 e. The predicted molar refractivity (Wildman–Crippen MR) is 106 cm³/mol. The van der Waals surface area contributed by atoms with Crippen molar-refractivity contribution in [1.29, 1.82) is 0 Å². The average Bonchev–Trinajstić information content (AvgIpc) is 2.61. The number of nitrogens with one attached hydrogen (secondary N) is 1. The van der Waals surface area contributed by atoms with Gasteiger partial charge in [0.05, 0.1) is 6.04 Å². The van der Waals surface area contributed by atoms with Crippen LogP contribution < -0.4 is 5.32 Å². The summed E-state index contributed by atoms with van der Waals surface area (Å²) in [6.45, 7) is 6.57.